The highest BCUT2D eigenvalue weighted by atomic mass is 28.4. The highest BCUT2D eigenvalue weighted by Crippen LogP contribution is 2.36. The summed E-state index contributed by atoms with van der Waals surface area (Å²) in [4.78, 5) is 0. The second-order valence-corrected chi connectivity index (χ2v) is 21.1. The van der Waals surface area contributed by atoms with Gasteiger partial charge in [0.15, 0.2) is 8.32 Å². The molecule has 0 aromatic carbocycles. The highest BCUT2D eigenvalue weighted by Gasteiger charge is 2.37. The van der Waals surface area contributed by atoms with Crippen LogP contribution in [0.3, 0.4) is 0 Å². The van der Waals surface area contributed by atoms with Crippen LogP contribution in [0.15, 0.2) is 12.2 Å². The standard InChI is InChI=1S/C42H84O8Si/c1-10-11-12-13-14-15-16-17-18-19-22-25-28-38(47-35-44-6)40-31-32-41(50-40)39(48-36-45-7)30-29-37(46-34-43-5)27-24-21-20-23-26-33-49-51(8,9)42(2,3)4/h29-30,37-41H,10-28,31-36H2,1-9H3/b30-29+/t37-,38-,39-,40-,41-/m1/s1. The van der Waals surface area contributed by atoms with Crippen LogP contribution < -0.4 is 0 Å². The molecule has 304 valence electrons. The summed E-state index contributed by atoms with van der Waals surface area (Å²) in [5.74, 6) is 0. The van der Waals surface area contributed by atoms with Gasteiger partial charge in [-0.1, -0.05) is 143 Å². The molecular formula is C42H84O8Si. The molecule has 0 aliphatic carbocycles. The van der Waals surface area contributed by atoms with Crippen molar-refractivity contribution < 1.29 is 37.6 Å². The van der Waals surface area contributed by atoms with Gasteiger partial charge in [-0.05, 0) is 50.2 Å². The zero-order valence-electron chi connectivity index (χ0n) is 35.0. The summed E-state index contributed by atoms with van der Waals surface area (Å²) >= 11 is 0. The Bertz CT molecular complexity index is 804. The smallest absolute Gasteiger partial charge is 0.191 e. The van der Waals surface area contributed by atoms with Gasteiger partial charge in [-0.25, -0.2) is 0 Å². The predicted octanol–water partition coefficient (Wildman–Crippen LogP) is 11.5. The minimum absolute atomic E-state index is 0.0292. The maximum atomic E-state index is 6.65. The molecule has 1 aliphatic heterocycles. The van der Waals surface area contributed by atoms with Crippen LogP contribution in [0.5, 0.6) is 0 Å². The van der Waals surface area contributed by atoms with E-state index in [1.807, 2.05) is 0 Å². The fourth-order valence-electron chi connectivity index (χ4n) is 6.50. The molecule has 1 rings (SSSR count). The van der Waals surface area contributed by atoms with Gasteiger partial charge in [-0.15, -0.1) is 0 Å². The van der Waals surface area contributed by atoms with Gasteiger partial charge in [0.05, 0.1) is 24.4 Å². The number of hydrogen-bond acceptors (Lipinski definition) is 8. The zero-order valence-corrected chi connectivity index (χ0v) is 36.0. The van der Waals surface area contributed by atoms with E-state index in [1.54, 1.807) is 21.3 Å². The van der Waals surface area contributed by atoms with Gasteiger partial charge in [-0.2, -0.15) is 0 Å². The first-order valence-electron chi connectivity index (χ1n) is 20.9. The van der Waals surface area contributed by atoms with Crippen LogP contribution in [-0.2, 0) is 37.6 Å². The van der Waals surface area contributed by atoms with Crippen LogP contribution in [0.4, 0.5) is 0 Å². The average molecular weight is 745 g/mol. The molecule has 5 atom stereocenters. The number of hydrogen-bond donors (Lipinski definition) is 0. The Hall–Kier alpha value is -0.363. The third kappa shape index (κ3) is 23.9. The highest BCUT2D eigenvalue weighted by molar-refractivity contribution is 6.74. The van der Waals surface area contributed by atoms with Gasteiger partial charge in [0.25, 0.3) is 0 Å². The van der Waals surface area contributed by atoms with Crippen LogP contribution in [0.25, 0.3) is 0 Å². The Morgan fingerprint density at radius 2 is 1.10 bits per heavy atom. The molecule has 0 unspecified atom stereocenters. The van der Waals surface area contributed by atoms with E-state index in [0.29, 0.717) is 6.79 Å². The van der Waals surface area contributed by atoms with Crippen molar-refractivity contribution >= 4 is 8.32 Å². The molecule has 0 aromatic heterocycles. The van der Waals surface area contributed by atoms with Crippen LogP contribution in [0, 0.1) is 0 Å². The lowest BCUT2D eigenvalue weighted by Crippen LogP contribution is -2.40. The fourth-order valence-corrected chi connectivity index (χ4v) is 7.59. The summed E-state index contributed by atoms with van der Waals surface area (Å²) < 4.78 is 47.2. The molecule has 0 saturated carbocycles. The number of rotatable bonds is 35. The summed E-state index contributed by atoms with van der Waals surface area (Å²) in [6.45, 7) is 15.5. The summed E-state index contributed by atoms with van der Waals surface area (Å²) in [5, 5.41) is 0.267. The first kappa shape index (κ1) is 48.7. The molecule has 0 radical (unpaired) electrons. The lowest BCUT2D eigenvalue weighted by molar-refractivity contribution is -0.149. The minimum Gasteiger partial charge on any atom is -0.417 e. The predicted molar refractivity (Wildman–Crippen MR) is 214 cm³/mol. The zero-order chi connectivity index (χ0) is 37.6. The lowest BCUT2D eigenvalue weighted by Gasteiger charge is -2.36. The Kier molecular flexibility index (Phi) is 29.5. The van der Waals surface area contributed by atoms with Crippen molar-refractivity contribution in [3.8, 4) is 0 Å². The monoisotopic (exact) mass is 745 g/mol. The van der Waals surface area contributed by atoms with Crippen molar-refractivity contribution in [2.24, 2.45) is 0 Å². The molecule has 0 N–H and O–H groups in total. The van der Waals surface area contributed by atoms with Gasteiger partial charge < -0.3 is 37.6 Å². The number of ether oxygens (including phenoxy) is 7. The topological polar surface area (TPSA) is 73.8 Å². The van der Waals surface area contributed by atoms with Crippen LogP contribution in [0.2, 0.25) is 18.1 Å². The van der Waals surface area contributed by atoms with Crippen molar-refractivity contribution in [3.05, 3.63) is 12.2 Å². The molecule has 1 aliphatic rings. The maximum Gasteiger partial charge on any atom is 0.191 e. The van der Waals surface area contributed by atoms with Gasteiger partial charge >= 0.3 is 0 Å². The second-order valence-electron chi connectivity index (χ2n) is 16.3. The van der Waals surface area contributed by atoms with Crippen molar-refractivity contribution in [1.82, 2.24) is 0 Å². The van der Waals surface area contributed by atoms with Gasteiger partial charge in [-0.3, -0.25) is 0 Å². The quantitative estimate of drug-likeness (QED) is 0.0275. The summed E-state index contributed by atoms with van der Waals surface area (Å²) in [6, 6.07) is 0. The number of unbranched alkanes of at least 4 members (excludes halogenated alkanes) is 15. The van der Waals surface area contributed by atoms with E-state index in [1.165, 1.54) is 89.9 Å². The van der Waals surface area contributed by atoms with Crippen molar-refractivity contribution in [2.45, 2.75) is 211 Å². The molecule has 1 fully saturated rings. The second kappa shape index (κ2) is 30.9. The first-order valence-corrected chi connectivity index (χ1v) is 23.8. The number of methoxy groups -OCH3 is 3. The SMILES string of the molecule is CCCCCCCCCCCCCC[C@@H](OCOC)[C@H]1CC[C@H]([C@@H](/C=C/[C@@H](CCCCCCCO[Si](C)(C)C(C)(C)C)OCOC)OCOC)O1. The molecule has 0 amide bonds. The summed E-state index contributed by atoms with van der Waals surface area (Å²) in [5.41, 5.74) is 0. The molecule has 1 heterocycles. The molecule has 0 bridgehead atoms. The van der Waals surface area contributed by atoms with Crippen molar-refractivity contribution in [1.29, 1.82) is 0 Å². The molecule has 8 nitrogen and oxygen atoms in total. The molecule has 1 saturated heterocycles. The third-order valence-corrected chi connectivity index (χ3v) is 15.3. The Balaban J connectivity index is 2.53. The van der Waals surface area contributed by atoms with E-state index in [2.05, 4.69) is 52.9 Å². The van der Waals surface area contributed by atoms with E-state index in [4.69, 9.17) is 37.6 Å². The maximum absolute atomic E-state index is 6.65. The van der Waals surface area contributed by atoms with Crippen LogP contribution in [0.1, 0.15) is 163 Å². The molecule has 51 heavy (non-hydrogen) atoms. The fraction of sp³-hybridized carbons (Fsp3) is 0.952. The van der Waals surface area contributed by atoms with E-state index in [-0.39, 0.29) is 49.1 Å². The summed E-state index contributed by atoms with van der Waals surface area (Å²) in [6.07, 6.45) is 29.8. The third-order valence-electron chi connectivity index (χ3n) is 10.8. The largest absolute Gasteiger partial charge is 0.417 e. The van der Waals surface area contributed by atoms with Crippen molar-refractivity contribution in [2.75, 3.05) is 48.3 Å². The Morgan fingerprint density at radius 3 is 1.67 bits per heavy atom. The van der Waals surface area contributed by atoms with Gasteiger partial charge in [0, 0.05) is 27.9 Å². The molecule has 9 heteroatoms. The van der Waals surface area contributed by atoms with E-state index in [0.717, 1.165) is 51.6 Å². The normalized spacial score (nSPS) is 18.9. The van der Waals surface area contributed by atoms with Crippen LogP contribution >= 0.6 is 0 Å². The van der Waals surface area contributed by atoms with Crippen molar-refractivity contribution in [3.63, 3.8) is 0 Å². The average Bonchev–Trinajstić information content (AvgIpc) is 3.59. The van der Waals surface area contributed by atoms with E-state index >= 15 is 0 Å². The Morgan fingerprint density at radius 1 is 0.608 bits per heavy atom. The van der Waals surface area contributed by atoms with E-state index in [9.17, 15) is 0 Å². The van der Waals surface area contributed by atoms with E-state index < -0.39 is 8.32 Å². The molecule has 0 aromatic rings. The summed E-state index contributed by atoms with van der Waals surface area (Å²) in [7, 11) is 3.36. The lowest BCUT2D eigenvalue weighted by atomic mass is 10.0. The Labute approximate surface area is 316 Å². The first-order chi connectivity index (χ1) is 24.6. The molecule has 0 spiro atoms. The van der Waals surface area contributed by atoms with Crippen LogP contribution in [-0.4, -0.2) is 87.2 Å². The van der Waals surface area contributed by atoms with Gasteiger partial charge in [0.1, 0.15) is 26.5 Å². The minimum atomic E-state index is -1.65. The molecular weight excluding hydrogens is 661 g/mol. The van der Waals surface area contributed by atoms with Gasteiger partial charge in [0.2, 0.25) is 0 Å².